The highest BCUT2D eigenvalue weighted by atomic mass is 16.5. The van der Waals surface area contributed by atoms with E-state index in [9.17, 15) is 10.1 Å². The van der Waals surface area contributed by atoms with Crippen LogP contribution in [-0.2, 0) is 18.8 Å². The van der Waals surface area contributed by atoms with Crippen LogP contribution < -0.4 is 5.69 Å². The second kappa shape index (κ2) is 8.71. The minimum absolute atomic E-state index is 0.0692. The molecule has 5 aromatic rings. The summed E-state index contributed by atoms with van der Waals surface area (Å²) in [5.41, 5.74) is 5.31. The zero-order chi connectivity index (χ0) is 25.8. The van der Waals surface area contributed by atoms with Gasteiger partial charge >= 0.3 is 5.69 Å². The van der Waals surface area contributed by atoms with Crippen LogP contribution in [0.2, 0.25) is 0 Å². The molecule has 0 spiro atoms. The summed E-state index contributed by atoms with van der Waals surface area (Å²) in [5, 5.41) is 19.5. The van der Waals surface area contributed by atoms with Gasteiger partial charge in [-0.25, -0.2) is 4.79 Å². The summed E-state index contributed by atoms with van der Waals surface area (Å²) < 4.78 is 17.5. The van der Waals surface area contributed by atoms with Crippen molar-refractivity contribution in [2.75, 3.05) is 6.61 Å². The molecular weight excluding hydrogens is 470 g/mol. The van der Waals surface area contributed by atoms with Gasteiger partial charge in [-0.3, -0.25) is 13.9 Å². The van der Waals surface area contributed by atoms with Crippen molar-refractivity contribution in [3.05, 3.63) is 52.5 Å². The molecule has 10 heteroatoms. The molecule has 0 amide bonds. The molecule has 0 bridgehead atoms. The molecule has 10 nitrogen and oxygen atoms in total. The molecule has 188 valence electrons. The maximum Gasteiger partial charge on any atom is 0.349 e. The van der Waals surface area contributed by atoms with Gasteiger partial charge in [-0.2, -0.15) is 20.4 Å². The van der Waals surface area contributed by atoms with E-state index in [1.165, 1.54) is 0 Å². The smallest absolute Gasteiger partial charge is 0.349 e. The molecule has 0 aliphatic carbocycles. The van der Waals surface area contributed by atoms with Crippen LogP contribution >= 0.6 is 0 Å². The molecule has 4 aromatic heterocycles. The molecule has 2 atom stereocenters. The number of aromatic nitrogens is 6. The Kier molecular flexibility index (Phi) is 5.46. The van der Waals surface area contributed by atoms with E-state index in [1.807, 2.05) is 33.3 Å². The number of aryl methyl sites for hydroxylation is 2. The Bertz CT molecular complexity index is 1760. The third kappa shape index (κ3) is 3.65. The fraction of sp³-hybridized carbons (Fsp3) is 0.370. The number of ether oxygens (including phenoxy) is 1. The number of hydrogen-bond donors (Lipinski definition) is 0. The van der Waals surface area contributed by atoms with Gasteiger partial charge in [-0.15, -0.1) is 0 Å². The molecule has 0 unspecified atom stereocenters. The molecular formula is C27H27N7O3. The standard InChI is InChI=1S/C27H27N7O3/c1-5-19-8-18(6-7-36-19)34-24-21-9-20(16-11-29-32(3)13-16)15(2)22(10-28)25(21)37-26(24)23(31-27(34)35)17-12-30-33(4)14-17/h9,11-14,18-19H,5-8H2,1-4H3/t18-,19-/m0/s1. The summed E-state index contributed by atoms with van der Waals surface area (Å²) in [6.07, 6.45) is 9.49. The summed E-state index contributed by atoms with van der Waals surface area (Å²) >= 11 is 0. The lowest BCUT2D eigenvalue weighted by molar-refractivity contribution is -0.00709. The highest BCUT2D eigenvalue weighted by molar-refractivity contribution is 6.10. The van der Waals surface area contributed by atoms with Crippen molar-refractivity contribution in [2.45, 2.75) is 45.3 Å². The van der Waals surface area contributed by atoms with E-state index >= 15 is 0 Å². The molecule has 1 aromatic carbocycles. The Labute approximate surface area is 212 Å². The van der Waals surface area contributed by atoms with Crippen molar-refractivity contribution in [1.82, 2.24) is 29.1 Å². The average Bonchev–Trinajstić information content (AvgIpc) is 3.62. The molecule has 0 N–H and O–H groups in total. The SMILES string of the molecule is CC[C@H]1C[C@@H](n2c(=O)nc(-c3cnn(C)c3)c3oc4c(C#N)c(C)c(-c5cnn(C)c5)cc4c32)CCO1. The maximum absolute atomic E-state index is 13.7. The molecule has 1 saturated heterocycles. The summed E-state index contributed by atoms with van der Waals surface area (Å²) in [4.78, 5) is 18.2. The lowest BCUT2D eigenvalue weighted by Gasteiger charge is -2.30. The fourth-order valence-electron chi connectivity index (χ4n) is 5.46. The number of fused-ring (bicyclic) bond motifs is 3. The van der Waals surface area contributed by atoms with E-state index in [4.69, 9.17) is 9.15 Å². The van der Waals surface area contributed by atoms with E-state index in [0.717, 1.165) is 23.1 Å². The summed E-state index contributed by atoms with van der Waals surface area (Å²) in [6.45, 7) is 4.57. The second-order valence-corrected chi connectivity index (χ2v) is 9.69. The molecule has 1 aliphatic rings. The van der Waals surface area contributed by atoms with Gasteiger partial charge in [0, 0.05) is 55.7 Å². The number of furan rings is 1. The molecule has 1 fully saturated rings. The molecule has 0 saturated carbocycles. The van der Waals surface area contributed by atoms with E-state index < -0.39 is 0 Å². The van der Waals surface area contributed by atoms with Crippen molar-refractivity contribution >= 4 is 22.1 Å². The van der Waals surface area contributed by atoms with Crippen LogP contribution in [0.1, 0.15) is 43.4 Å². The van der Waals surface area contributed by atoms with Crippen molar-refractivity contribution < 1.29 is 9.15 Å². The predicted octanol–water partition coefficient (Wildman–Crippen LogP) is 4.25. The molecule has 1 aliphatic heterocycles. The first-order chi connectivity index (χ1) is 17.9. The molecule has 37 heavy (non-hydrogen) atoms. The number of benzene rings is 1. The van der Waals surface area contributed by atoms with Crippen LogP contribution in [0.4, 0.5) is 0 Å². The Hall–Kier alpha value is -4.23. The Balaban J connectivity index is 1.74. The first kappa shape index (κ1) is 23.2. The van der Waals surface area contributed by atoms with Gasteiger partial charge < -0.3 is 9.15 Å². The van der Waals surface area contributed by atoms with Gasteiger partial charge in [0.1, 0.15) is 17.3 Å². The second-order valence-electron chi connectivity index (χ2n) is 9.69. The van der Waals surface area contributed by atoms with Crippen LogP contribution in [0.25, 0.3) is 44.5 Å². The first-order valence-electron chi connectivity index (χ1n) is 12.4. The third-order valence-electron chi connectivity index (χ3n) is 7.35. The average molecular weight is 498 g/mol. The predicted molar refractivity (Wildman–Crippen MR) is 138 cm³/mol. The van der Waals surface area contributed by atoms with Gasteiger partial charge in [0.15, 0.2) is 11.2 Å². The highest BCUT2D eigenvalue weighted by Crippen LogP contribution is 2.41. The van der Waals surface area contributed by atoms with E-state index in [0.29, 0.717) is 58.3 Å². The van der Waals surface area contributed by atoms with E-state index in [-0.39, 0.29) is 17.8 Å². The molecule has 6 rings (SSSR count). The van der Waals surface area contributed by atoms with Crippen LogP contribution in [0.5, 0.6) is 0 Å². The number of nitrogens with zero attached hydrogens (tertiary/aromatic N) is 7. The summed E-state index contributed by atoms with van der Waals surface area (Å²) in [6, 6.07) is 4.25. The van der Waals surface area contributed by atoms with Gasteiger partial charge in [0.25, 0.3) is 0 Å². The van der Waals surface area contributed by atoms with Crippen molar-refractivity contribution in [1.29, 1.82) is 5.26 Å². The lowest BCUT2D eigenvalue weighted by Crippen LogP contribution is -2.34. The topological polar surface area (TPSA) is 117 Å². The van der Waals surface area contributed by atoms with Gasteiger partial charge in [0.2, 0.25) is 0 Å². The lowest BCUT2D eigenvalue weighted by atomic mass is 9.95. The number of nitriles is 1. The Morgan fingerprint density at radius 1 is 1.14 bits per heavy atom. The first-order valence-corrected chi connectivity index (χ1v) is 12.4. The van der Waals surface area contributed by atoms with Crippen molar-refractivity contribution in [2.24, 2.45) is 14.1 Å². The maximum atomic E-state index is 13.7. The van der Waals surface area contributed by atoms with E-state index in [2.05, 4.69) is 28.2 Å². The van der Waals surface area contributed by atoms with Crippen LogP contribution in [0, 0.1) is 18.3 Å². The fourth-order valence-corrected chi connectivity index (χ4v) is 5.46. The minimum Gasteiger partial charge on any atom is -0.451 e. The molecule has 5 heterocycles. The van der Waals surface area contributed by atoms with Crippen molar-refractivity contribution in [3.63, 3.8) is 0 Å². The largest absolute Gasteiger partial charge is 0.451 e. The van der Waals surface area contributed by atoms with Gasteiger partial charge in [0.05, 0.1) is 24.1 Å². The zero-order valence-electron chi connectivity index (χ0n) is 21.2. The van der Waals surface area contributed by atoms with Crippen molar-refractivity contribution in [3.8, 4) is 28.5 Å². The quantitative estimate of drug-likeness (QED) is 0.364. The van der Waals surface area contributed by atoms with Crippen LogP contribution in [0.3, 0.4) is 0 Å². The van der Waals surface area contributed by atoms with Gasteiger partial charge in [-0.1, -0.05) is 6.92 Å². The zero-order valence-corrected chi connectivity index (χ0v) is 21.2. The van der Waals surface area contributed by atoms with E-state index in [1.54, 1.807) is 32.5 Å². The Morgan fingerprint density at radius 2 is 1.86 bits per heavy atom. The Morgan fingerprint density at radius 3 is 2.51 bits per heavy atom. The van der Waals surface area contributed by atoms with Gasteiger partial charge in [-0.05, 0) is 43.4 Å². The highest BCUT2D eigenvalue weighted by Gasteiger charge is 2.30. The number of hydrogen-bond acceptors (Lipinski definition) is 7. The van der Waals surface area contributed by atoms with Crippen LogP contribution in [-0.4, -0.2) is 41.8 Å². The summed E-state index contributed by atoms with van der Waals surface area (Å²) in [7, 11) is 3.67. The normalized spacial score (nSPS) is 18.0. The third-order valence-corrected chi connectivity index (χ3v) is 7.35. The number of rotatable bonds is 4. The minimum atomic E-state index is -0.349. The van der Waals surface area contributed by atoms with Crippen LogP contribution in [0.15, 0.2) is 40.1 Å². The molecule has 0 radical (unpaired) electrons. The summed E-state index contributed by atoms with van der Waals surface area (Å²) in [5.74, 6) is 0. The monoisotopic (exact) mass is 497 g/mol.